The van der Waals surface area contributed by atoms with Gasteiger partial charge in [-0.1, -0.05) is 18.2 Å². The monoisotopic (exact) mass is 373 g/mol. The van der Waals surface area contributed by atoms with Crippen LogP contribution in [0.5, 0.6) is 5.75 Å². The summed E-state index contributed by atoms with van der Waals surface area (Å²) in [5.41, 5.74) is 4.57. The fourth-order valence-electron chi connectivity index (χ4n) is 3.77. The number of carbonyl (C=O) groups is 1. The minimum Gasteiger partial charge on any atom is -0.497 e. The summed E-state index contributed by atoms with van der Waals surface area (Å²) < 4.78 is 5.25. The van der Waals surface area contributed by atoms with Crippen LogP contribution in [-0.2, 0) is 0 Å². The Hall–Kier alpha value is -3.21. The first-order chi connectivity index (χ1) is 13.7. The lowest BCUT2D eigenvalue weighted by Crippen LogP contribution is -2.31. The highest BCUT2D eigenvalue weighted by atomic mass is 16.5. The smallest absolute Gasteiger partial charge is 0.273 e. The third kappa shape index (κ3) is 3.60. The predicted octanol–water partition coefficient (Wildman–Crippen LogP) is 4.44. The second-order valence-corrected chi connectivity index (χ2v) is 7.02. The second kappa shape index (κ2) is 7.80. The van der Waals surface area contributed by atoms with Gasteiger partial charge in [-0.15, -0.1) is 0 Å². The maximum Gasteiger partial charge on any atom is 0.273 e. The fourth-order valence-corrected chi connectivity index (χ4v) is 3.77. The van der Waals surface area contributed by atoms with Crippen LogP contribution in [0.3, 0.4) is 0 Å². The molecule has 0 N–H and O–H groups in total. The van der Waals surface area contributed by atoms with Gasteiger partial charge in [0, 0.05) is 18.4 Å². The minimum absolute atomic E-state index is 0.0218. The molecule has 0 saturated carbocycles. The lowest BCUT2D eigenvalue weighted by Gasteiger charge is -2.24. The number of nitrogens with zero attached hydrogens (tertiary/aromatic N) is 3. The number of hydrogen-bond acceptors (Lipinski definition) is 4. The molecule has 5 heteroatoms. The van der Waals surface area contributed by atoms with Crippen LogP contribution >= 0.6 is 0 Å². The van der Waals surface area contributed by atoms with Gasteiger partial charge < -0.3 is 9.64 Å². The molecular weight excluding hydrogens is 350 g/mol. The van der Waals surface area contributed by atoms with E-state index in [9.17, 15) is 4.79 Å². The molecule has 5 nitrogen and oxygen atoms in total. The maximum atomic E-state index is 13.0. The first kappa shape index (κ1) is 18.2. The molecule has 1 amide bonds. The summed E-state index contributed by atoms with van der Waals surface area (Å²) in [7, 11) is 1.66. The quantitative estimate of drug-likeness (QED) is 0.678. The maximum absolute atomic E-state index is 13.0. The summed E-state index contributed by atoms with van der Waals surface area (Å²) in [6.07, 6.45) is 3.54. The number of pyridine rings is 2. The number of benzene rings is 1. The van der Waals surface area contributed by atoms with E-state index in [-0.39, 0.29) is 11.9 Å². The molecule has 0 bridgehead atoms. The van der Waals surface area contributed by atoms with Crippen LogP contribution in [0.2, 0.25) is 0 Å². The van der Waals surface area contributed by atoms with Crippen LogP contribution in [0.25, 0.3) is 11.1 Å². The molecule has 3 heterocycles. The second-order valence-electron chi connectivity index (χ2n) is 7.02. The number of carbonyl (C=O) groups excluding carboxylic acids is 1. The van der Waals surface area contributed by atoms with E-state index in [2.05, 4.69) is 17.1 Å². The van der Waals surface area contributed by atoms with Crippen molar-refractivity contribution in [1.29, 1.82) is 0 Å². The fraction of sp³-hybridized carbons (Fsp3) is 0.261. The van der Waals surface area contributed by atoms with Gasteiger partial charge in [-0.05, 0) is 67.3 Å². The van der Waals surface area contributed by atoms with Crippen molar-refractivity contribution in [2.24, 2.45) is 0 Å². The number of rotatable bonds is 4. The summed E-state index contributed by atoms with van der Waals surface area (Å²) in [5, 5.41) is 0. The molecule has 1 atom stereocenters. The van der Waals surface area contributed by atoms with E-state index in [4.69, 9.17) is 9.72 Å². The highest BCUT2D eigenvalue weighted by Gasteiger charge is 2.32. The first-order valence-electron chi connectivity index (χ1n) is 9.51. The molecule has 4 rings (SSSR count). The highest BCUT2D eigenvalue weighted by molar-refractivity contribution is 5.92. The Bertz CT molecular complexity index is 971. The minimum atomic E-state index is -0.0302. The zero-order valence-corrected chi connectivity index (χ0v) is 16.1. The topological polar surface area (TPSA) is 55.3 Å². The van der Waals surface area contributed by atoms with Gasteiger partial charge in [0.1, 0.15) is 11.4 Å². The van der Waals surface area contributed by atoms with Crippen molar-refractivity contribution < 1.29 is 9.53 Å². The SMILES string of the molecule is COc1ccc(-c2cc(C)nc([C@@H]3CCCN3C(=O)c3ccccn3)c2)cc1. The molecule has 0 radical (unpaired) electrons. The average molecular weight is 373 g/mol. The van der Waals surface area contributed by atoms with Crippen LogP contribution in [-0.4, -0.2) is 34.4 Å². The van der Waals surface area contributed by atoms with Crippen molar-refractivity contribution >= 4 is 5.91 Å². The van der Waals surface area contributed by atoms with Gasteiger partial charge >= 0.3 is 0 Å². The molecule has 1 aliphatic heterocycles. The number of methoxy groups -OCH3 is 1. The van der Waals surface area contributed by atoms with Crippen LogP contribution in [0.1, 0.15) is 40.8 Å². The summed E-state index contributed by atoms with van der Waals surface area (Å²) >= 11 is 0. The zero-order chi connectivity index (χ0) is 19.5. The van der Waals surface area contributed by atoms with Gasteiger partial charge in [-0.25, -0.2) is 0 Å². The molecule has 0 unspecified atom stereocenters. The Balaban J connectivity index is 1.66. The summed E-state index contributed by atoms with van der Waals surface area (Å²) in [4.78, 5) is 23.9. The molecule has 3 aromatic rings. The Labute approximate surface area is 165 Å². The first-order valence-corrected chi connectivity index (χ1v) is 9.51. The van der Waals surface area contributed by atoms with Crippen LogP contribution in [0.15, 0.2) is 60.8 Å². The van der Waals surface area contributed by atoms with Crippen molar-refractivity contribution in [3.8, 4) is 16.9 Å². The number of likely N-dealkylation sites (tertiary alicyclic amines) is 1. The Kier molecular flexibility index (Phi) is 5.06. The van der Waals surface area contributed by atoms with Gasteiger partial charge in [-0.3, -0.25) is 14.8 Å². The Morgan fingerprint density at radius 2 is 1.93 bits per heavy atom. The van der Waals surface area contributed by atoms with Crippen molar-refractivity contribution in [3.63, 3.8) is 0 Å². The Morgan fingerprint density at radius 3 is 2.64 bits per heavy atom. The molecular formula is C23H23N3O2. The predicted molar refractivity (Wildman–Crippen MR) is 108 cm³/mol. The van der Waals surface area contributed by atoms with Crippen molar-refractivity contribution in [2.45, 2.75) is 25.8 Å². The zero-order valence-electron chi connectivity index (χ0n) is 16.1. The molecule has 0 spiro atoms. The number of aromatic nitrogens is 2. The van der Waals surface area contributed by atoms with E-state index in [0.717, 1.165) is 47.7 Å². The molecule has 2 aromatic heterocycles. The lowest BCUT2D eigenvalue weighted by molar-refractivity contribution is 0.0727. The van der Waals surface area contributed by atoms with E-state index >= 15 is 0 Å². The van der Waals surface area contributed by atoms with E-state index in [1.54, 1.807) is 19.4 Å². The molecule has 0 aliphatic carbocycles. The van der Waals surface area contributed by atoms with E-state index in [1.165, 1.54) is 0 Å². The molecule has 142 valence electrons. The number of amides is 1. The van der Waals surface area contributed by atoms with E-state index in [0.29, 0.717) is 5.69 Å². The molecule has 1 fully saturated rings. The van der Waals surface area contributed by atoms with Gasteiger partial charge in [0.2, 0.25) is 0 Å². The van der Waals surface area contributed by atoms with Crippen molar-refractivity contribution in [1.82, 2.24) is 14.9 Å². The summed E-state index contributed by atoms with van der Waals surface area (Å²) in [5.74, 6) is 0.801. The summed E-state index contributed by atoms with van der Waals surface area (Å²) in [6, 6.07) is 17.6. The highest BCUT2D eigenvalue weighted by Crippen LogP contribution is 2.34. The normalized spacial score (nSPS) is 16.2. The standard InChI is InChI=1S/C23H23N3O2/c1-16-14-18(17-8-10-19(28-2)11-9-17)15-21(25-16)22-7-5-13-26(22)23(27)20-6-3-4-12-24-20/h3-4,6,8-12,14-15,22H,5,7,13H2,1-2H3/t22-/m0/s1. The molecule has 1 aromatic carbocycles. The molecule has 28 heavy (non-hydrogen) atoms. The number of hydrogen-bond donors (Lipinski definition) is 0. The van der Waals surface area contributed by atoms with Crippen LogP contribution in [0.4, 0.5) is 0 Å². The van der Waals surface area contributed by atoms with Gasteiger partial charge in [0.25, 0.3) is 5.91 Å². The van der Waals surface area contributed by atoms with Gasteiger partial charge in [-0.2, -0.15) is 0 Å². The summed E-state index contributed by atoms with van der Waals surface area (Å²) in [6.45, 7) is 2.73. The third-order valence-electron chi connectivity index (χ3n) is 5.14. The number of ether oxygens (including phenoxy) is 1. The number of aryl methyl sites for hydroxylation is 1. The molecule has 1 aliphatic rings. The lowest BCUT2D eigenvalue weighted by atomic mass is 10.0. The van der Waals surface area contributed by atoms with Crippen molar-refractivity contribution in [2.75, 3.05) is 13.7 Å². The van der Waals surface area contributed by atoms with Gasteiger partial charge in [0.05, 0.1) is 18.8 Å². The molecule has 1 saturated heterocycles. The van der Waals surface area contributed by atoms with Crippen LogP contribution < -0.4 is 4.74 Å². The third-order valence-corrected chi connectivity index (χ3v) is 5.14. The van der Waals surface area contributed by atoms with Crippen molar-refractivity contribution in [3.05, 3.63) is 77.9 Å². The van der Waals surface area contributed by atoms with Crippen LogP contribution in [0, 0.1) is 6.92 Å². The van der Waals surface area contributed by atoms with Gasteiger partial charge in [0.15, 0.2) is 0 Å². The largest absolute Gasteiger partial charge is 0.497 e. The van der Waals surface area contributed by atoms with E-state index in [1.807, 2.05) is 48.2 Å². The van der Waals surface area contributed by atoms with E-state index < -0.39 is 0 Å². The Morgan fingerprint density at radius 1 is 1.11 bits per heavy atom. The average Bonchev–Trinajstić information content (AvgIpc) is 3.23.